The zero-order chi connectivity index (χ0) is 14.4. The van der Waals surface area contributed by atoms with Crippen LogP contribution in [0.5, 0.6) is 0 Å². The SMILES string of the molecule is Cc1ccc2nc(N3C(=O)CSC34CCCCC4)sc2c1. The Morgan fingerprint density at radius 1 is 1.24 bits per heavy atom. The quantitative estimate of drug-likeness (QED) is 0.784. The van der Waals surface area contributed by atoms with Crippen molar-refractivity contribution < 1.29 is 4.79 Å². The van der Waals surface area contributed by atoms with Crippen LogP contribution in [-0.2, 0) is 4.79 Å². The van der Waals surface area contributed by atoms with Crippen LogP contribution in [-0.4, -0.2) is 21.5 Å². The average molecular weight is 318 g/mol. The number of anilines is 1. The van der Waals surface area contributed by atoms with Crippen molar-refractivity contribution in [2.75, 3.05) is 10.7 Å². The van der Waals surface area contributed by atoms with Crippen LogP contribution in [0.1, 0.15) is 37.7 Å². The summed E-state index contributed by atoms with van der Waals surface area (Å²) in [4.78, 5) is 19.2. The lowest BCUT2D eigenvalue weighted by atomic mass is 9.93. The summed E-state index contributed by atoms with van der Waals surface area (Å²) in [5.41, 5.74) is 2.25. The van der Waals surface area contributed by atoms with E-state index in [0.29, 0.717) is 5.75 Å². The van der Waals surface area contributed by atoms with Gasteiger partial charge < -0.3 is 0 Å². The molecule has 4 rings (SSSR count). The van der Waals surface area contributed by atoms with Crippen molar-refractivity contribution in [3.05, 3.63) is 23.8 Å². The molecular weight excluding hydrogens is 300 g/mol. The molecule has 5 heteroatoms. The molecule has 0 atom stereocenters. The Morgan fingerprint density at radius 3 is 2.86 bits per heavy atom. The number of carbonyl (C=O) groups excluding carboxylic acids is 1. The molecule has 2 heterocycles. The van der Waals surface area contributed by atoms with Gasteiger partial charge in [-0.05, 0) is 37.5 Å². The number of aromatic nitrogens is 1. The number of benzene rings is 1. The van der Waals surface area contributed by atoms with E-state index in [1.54, 1.807) is 11.3 Å². The maximum atomic E-state index is 12.5. The van der Waals surface area contributed by atoms with Crippen LogP contribution < -0.4 is 4.90 Å². The number of hydrogen-bond donors (Lipinski definition) is 0. The van der Waals surface area contributed by atoms with Gasteiger partial charge in [-0.1, -0.05) is 36.7 Å². The molecule has 2 fully saturated rings. The number of rotatable bonds is 1. The lowest BCUT2D eigenvalue weighted by molar-refractivity contribution is -0.116. The zero-order valence-electron chi connectivity index (χ0n) is 12.1. The number of thiazole rings is 1. The fourth-order valence-corrected chi connectivity index (χ4v) is 6.07. The number of fused-ring (bicyclic) bond motifs is 1. The number of aryl methyl sites for hydroxylation is 1. The van der Waals surface area contributed by atoms with Crippen LogP contribution in [0.4, 0.5) is 5.13 Å². The van der Waals surface area contributed by atoms with Crippen LogP contribution in [0.2, 0.25) is 0 Å². The van der Waals surface area contributed by atoms with E-state index in [2.05, 4.69) is 25.1 Å². The Morgan fingerprint density at radius 2 is 2.05 bits per heavy atom. The molecule has 1 saturated heterocycles. The van der Waals surface area contributed by atoms with Crippen molar-refractivity contribution in [1.29, 1.82) is 0 Å². The van der Waals surface area contributed by atoms with Gasteiger partial charge in [0, 0.05) is 0 Å². The van der Waals surface area contributed by atoms with E-state index in [4.69, 9.17) is 4.98 Å². The highest BCUT2D eigenvalue weighted by molar-refractivity contribution is 8.02. The van der Waals surface area contributed by atoms with Gasteiger partial charge in [0.1, 0.15) is 0 Å². The zero-order valence-corrected chi connectivity index (χ0v) is 13.7. The first-order valence-corrected chi connectivity index (χ1v) is 9.32. The molecule has 1 aromatic carbocycles. The van der Waals surface area contributed by atoms with Crippen LogP contribution in [0.3, 0.4) is 0 Å². The predicted molar refractivity (Wildman–Crippen MR) is 90.1 cm³/mol. The Labute approximate surface area is 132 Å². The maximum Gasteiger partial charge on any atom is 0.240 e. The van der Waals surface area contributed by atoms with E-state index >= 15 is 0 Å². The van der Waals surface area contributed by atoms with Crippen molar-refractivity contribution >= 4 is 44.4 Å². The number of hydrogen-bond acceptors (Lipinski definition) is 4. The van der Waals surface area contributed by atoms with Crippen molar-refractivity contribution in [2.24, 2.45) is 0 Å². The third kappa shape index (κ3) is 2.18. The fraction of sp³-hybridized carbons (Fsp3) is 0.500. The van der Waals surface area contributed by atoms with E-state index < -0.39 is 0 Å². The summed E-state index contributed by atoms with van der Waals surface area (Å²) >= 11 is 3.49. The van der Waals surface area contributed by atoms with E-state index in [1.165, 1.54) is 29.5 Å². The summed E-state index contributed by atoms with van der Waals surface area (Å²) in [6, 6.07) is 6.31. The van der Waals surface area contributed by atoms with Gasteiger partial charge in [0.15, 0.2) is 5.13 Å². The number of thioether (sulfide) groups is 1. The molecular formula is C16H18N2OS2. The number of amides is 1. The predicted octanol–water partition coefficient (Wildman–Crippen LogP) is 4.34. The molecule has 1 aromatic heterocycles. The van der Waals surface area contributed by atoms with Gasteiger partial charge in [-0.25, -0.2) is 4.98 Å². The monoisotopic (exact) mass is 318 g/mol. The van der Waals surface area contributed by atoms with Crippen molar-refractivity contribution in [1.82, 2.24) is 4.98 Å². The first-order valence-electron chi connectivity index (χ1n) is 7.52. The minimum atomic E-state index is -0.0156. The highest BCUT2D eigenvalue weighted by Crippen LogP contribution is 2.50. The highest BCUT2D eigenvalue weighted by Gasteiger charge is 2.48. The molecule has 1 aliphatic carbocycles. The Kier molecular flexibility index (Phi) is 3.23. The Bertz CT molecular complexity index is 703. The summed E-state index contributed by atoms with van der Waals surface area (Å²) in [5.74, 6) is 0.840. The fourth-order valence-electron chi connectivity index (χ4n) is 3.42. The smallest absolute Gasteiger partial charge is 0.240 e. The molecule has 0 unspecified atom stereocenters. The van der Waals surface area contributed by atoms with Crippen molar-refractivity contribution in [3.63, 3.8) is 0 Å². The van der Waals surface area contributed by atoms with Gasteiger partial charge >= 0.3 is 0 Å². The van der Waals surface area contributed by atoms with E-state index in [0.717, 1.165) is 23.5 Å². The van der Waals surface area contributed by atoms with Gasteiger partial charge in [-0.15, -0.1) is 11.8 Å². The normalized spacial score (nSPS) is 21.6. The van der Waals surface area contributed by atoms with E-state index in [-0.39, 0.29) is 10.8 Å². The van der Waals surface area contributed by atoms with Crippen LogP contribution in [0.25, 0.3) is 10.2 Å². The van der Waals surface area contributed by atoms with Crippen LogP contribution in [0.15, 0.2) is 18.2 Å². The maximum absolute atomic E-state index is 12.5. The largest absolute Gasteiger partial charge is 0.273 e. The van der Waals surface area contributed by atoms with Crippen molar-refractivity contribution in [3.8, 4) is 0 Å². The average Bonchev–Trinajstić information content (AvgIpc) is 3.01. The molecule has 0 bridgehead atoms. The summed E-state index contributed by atoms with van der Waals surface area (Å²) in [5, 5.41) is 0.896. The molecule has 21 heavy (non-hydrogen) atoms. The minimum Gasteiger partial charge on any atom is -0.273 e. The molecule has 1 spiro atoms. The molecule has 2 aromatic rings. The highest BCUT2D eigenvalue weighted by atomic mass is 32.2. The third-order valence-electron chi connectivity index (χ3n) is 4.48. The van der Waals surface area contributed by atoms with Crippen molar-refractivity contribution in [2.45, 2.75) is 43.9 Å². The Balaban J connectivity index is 1.79. The lowest BCUT2D eigenvalue weighted by Crippen LogP contribution is -2.45. The van der Waals surface area contributed by atoms with Gasteiger partial charge in [0.25, 0.3) is 0 Å². The lowest BCUT2D eigenvalue weighted by Gasteiger charge is -2.38. The second-order valence-corrected chi connectivity index (χ2v) is 8.34. The molecule has 1 saturated carbocycles. The molecule has 3 nitrogen and oxygen atoms in total. The van der Waals surface area contributed by atoms with E-state index in [1.807, 2.05) is 16.7 Å². The Hall–Kier alpha value is -1.07. The molecule has 0 N–H and O–H groups in total. The summed E-state index contributed by atoms with van der Waals surface area (Å²) in [6.07, 6.45) is 5.96. The first kappa shape index (κ1) is 13.6. The summed E-state index contributed by atoms with van der Waals surface area (Å²) < 4.78 is 1.18. The summed E-state index contributed by atoms with van der Waals surface area (Å²) in [7, 11) is 0. The molecule has 2 aliphatic rings. The molecule has 0 radical (unpaired) electrons. The second-order valence-electron chi connectivity index (χ2n) is 5.99. The van der Waals surface area contributed by atoms with Gasteiger partial charge in [-0.3, -0.25) is 9.69 Å². The minimum absolute atomic E-state index is 0.0156. The standard InChI is InChI=1S/C16H18N2OS2/c1-11-5-6-12-13(9-11)21-15(17-12)18-14(19)10-20-16(18)7-3-2-4-8-16/h5-6,9H,2-4,7-8,10H2,1H3. The van der Waals surface area contributed by atoms with Crippen LogP contribution >= 0.6 is 23.1 Å². The van der Waals surface area contributed by atoms with Crippen LogP contribution in [0, 0.1) is 6.92 Å². The molecule has 110 valence electrons. The second kappa shape index (κ2) is 4.99. The van der Waals surface area contributed by atoms with E-state index in [9.17, 15) is 4.79 Å². The third-order valence-corrected chi connectivity index (χ3v) is 7.00. The van der Waals surface area contributed by atoms with Gasteiger partial charge in [0.2, 0.25) is 5.91 Å². The molecule has 1 amide bonds. The summed E-state index contributed by atoms with van der Waals surface area (Å²) in [6.45, 7) is 2.10. The topological polar surface area (TPSA) is 33.2 Å². The number of nitrogens with zero attached hydrogens (tertiary/aromatic N) is 2. The molecule has 1 aliphatic heterocycles. The number of carbonyl (C=O) groups is 1. The van der Waals surface area contributed by atoms with Gasteiger partial charge in [-0.2, -0.15) is 0 Å². The van der Waals surface area contributed by atoms with Gasteiger partial charge in [0.05, 0.1) is 20.8 Å². The first-order chi connectivity index (χ1) is 10.2.